The maximum Gasteiger partial charge on any atom is 0.247 e. The van der Waals surface area contributed by atoms with Crippen molar-refractivity contribution >= 4 is 52.8 Å². The van der Waals surface area contributed by atoms with Gasteiger partial charge < -0.3 is 76.1 Å². The fraction of sp³-hybridized carbons (Fsp3) is 0.534. The van der Waals surface area contributed by atoms with Gasteiger partial charge in [0.2, 0.25) is 41.2 Å². The number of hydrogen-bond donors (Lipinski definition) is 10. The van der Waals surface area contributed by atoms with Crippen LogP contribution in [0, 0.1) is 11.8 Å². The van der Waals surface area contributed by atoms with E-state index in [1.165, 1.54) is 37.1 Å². The van der Waals surface area contributed by atoms with Gasteiger partial charge in [-0.2, -0.15) is 0 Å². The van der Waals surface area contributed by atoms with Gasteiger partial charge in [0.15, 0.2) is 17.9 Å². The van der Waals surface area contributed by atoms with E-state index in [0.717, 1.165) is 0 Å². The van der Waals surface area contributed by atoms with E-state index >= 15 is 0 Å². The number of aliphatic hydroxyl groups is 3. The predicted molar refractivity (Wildman–Crippen MR) is 292 cm³/mol. The number of fused-ring (bicyclic) bond motifs is 3. The third-order valence-corrected chi connectivity index (χ3v) is 15.2. The topological polar surface area (TPSA) is 349 Å². The van der Waals surface area contributed by atoms with Gasteiger partial charge in [-0.15, -0.1) is 0 Å². The number of phenols is 2. The Morgan fingerprint density at radius 2 is 1.50 bits per heavy atom. The minimum absolute atomic E-state index is 0.0146. The Labute approximate surface area is 474 Å². The molecule has 2 heterocycles. The fourth-order valence-electron chi connectivity index (χ4n) is 11.2. The average Bonchev–Trinajstić information content (AvgIpc) is 1.80. The van der Waals surface area contributed by atoms with Crippen LogP contribution >= 0.6 is 0 Å². The Bertz CT molecular complexity index is 2950. The molecule has 3 aromatic rings. The van der Waals surface area contributed by atoms with Crippen molar-refractivity contribution in [3.05, 3.63) is 87.5 Å². The van der Waals surface area contributed by atoms with Crippen molar-refractivity contribution in [1.82, 2.24) is 36.4 Å². The van der Waals surface area contributed by atoms with Gasteiger partial charge >= 0.3 is 0 Å². The molecular formula is C58H75N7O17. The summed E-state index contributed by atoms with van der Waals surface area (Å²) < 4.78 is 17.8. The first-order valence-corrected chi connectivity index (χ1v) is 27.5. The van der Waals surface area contributed by atoms with Crippen molar-refractivity contribution in [2.45, 2.75) is 140 Å². The first-order valence-electron chi connectivity index (χ1n) is 27.5. The molecule has 0 bridgehead atoms. The molecule has 82 heavy (non-hydrogen) atoms. The van der Waals surface area contributed by atoms with Gasteiger partial charge in [-0.3, -0.25) is 43.2 Å². The van der Waals surface area contributed by atoms with E-state index in [0.29, 0.717) is 24.9 Å². The van der Waals surface area contributed by atoms with Crippen LogP contribution < -0.4 is 31.3 Å². The molecule has 10 atom stereocenters. The number of benzene rings is 3. The lowest BCUT2D eigenvalue weighted by atomic mass is 9.72. The minimum atomic E-state index is -2.45. The summed E-state index contributed by atoms with van der Waals surface area (Å²) in [6.45, 7) is 7.56. The van der Waals surface area contributed by atoms with Gasteiger partial charge in [0.1, 0.15) is 59.7 Å². The highest BCUT2D eigenvalue weighted by molar-refractivity contribution is 6.31. The number of aliphatic hydroxyl groups excluding tert-OH is 2. The Morgan fingerprint density at radius 3 is 2.13 bits per heavy atom. The molecule has 6 amide bonds. The Kier molecular flexibility index (Phi) is 19.9. The Morgan fingerprint density at radius 1 is 0.841 bits per heavy atom. The Hall–Kier alpha value is -7.35. The van der Waals surface area contributed by atoms with E-state index in [2.05, 4.69) is 26.6 Å². The van der Waals surface area contributed by atoms with Crippen LogP contribution in [0.5, 0.6) is 17.2 Å². The van der Waals surface area contributed by atoms with Gasteiger partial charge in [-0.25, -0.2) is 0 Å². The number of carbonyl (C=O) groups excluding carboxylic acids is 9. The number of methoxy groups -OCH3 is 1. The zero-order chi connectivity index (χ0) is 60.1. The molecule has 24 nitrogen and oxygen atoms in total. The van der Waals surface area contributed by atoms with Crippen LogP contribution in [0.1, 0.15) is 134 Å². The fourth-order valence-corrected chi connectivity index (χ4v) is 11.2. The second-order valence-corrected chi connectivity index (χ2v) is 22.6. The first-order chi connectivity index (χ1) is 38.8. The van der Waals surface area contributed by atoms with E-state index in [4.69, 9.17) is 14.2 Å². The van der Waals surface area contributed by atoms with Gasteiger partial charge in [-0.05, 0) is 70.2 Å². The van der Waals surface area contributed by atoms with Crippen molar-refractivity contribution in [3.8, 4) is 17.2 Å². The summed E-state index contributed by atoms with van der Waals surface area (Å²) in [5.74, 6) is -8.41. The molecular weight excluding hydrogens is 1070 g/mol. The molecule has 2 saturated heterocycles. The molecule has 2 aliphatic heterocycles. The SMILES string of the molecule is COc1cccc2c1C(=O)c1c(O)c3c(c(O)c1C2=O)C[C@@](O)(C(=O)CO)C[C@@H]3O[C@H]1C[C@H](NC(=O)[C@H](CC(C)C)NC(=O)[C@@H](NC(=O)CNC(=O)[C@H](CC(C)C)NC(=O)[C@@H]2CCCN2C(=O)CN(C)C)c2ccccc2)[C@H](O)[C@H](C)O1. The van der Waals surface area contributed by atoms with Gasteiger partial charge in [-0.1, -0.05) is 70.2 Å². The number of aromatic hydroxyl groups is 2. The van der Waals surface area contributed by atoms with Crippen LogP contribution in [-0.2, 0) is 49.5 Å². The van der Waals surface area contributed by atoms with Gasteiger partial charge in [0.25, 0.3) is 0 Å². The van der Waals surface area contributed by atoms with Crippen molar-refractivity contribution in [3.63, 3.8) is 0 Å². The zero-order valence-electron chi connectivity index (χ0n) is 47.3. The van der Waals surface area contributed by atoms with E-state index in [1.54, 1.807) is 63.2 Å². The van der Waals surface area contributed by atoms with E-state index in [-0.39, 0.29) is 71.6 Å². The summed E-state index contributed by atoms with van der Waals surface area (Å²) in [4.78, 5) is 127. The molecule has 10 N–H and O–H groups in total. The number of amides is 6. The quantitative estimate of drug-likeness (QED) is 0.0485. The van der Waals surface area contributed by atoms with Crippen molar-refractivity contribution in [2.24, 2.45) is 11.8 Å². The summed E-state index contributed by atoms with van der Waals surface area (Å²) in [6.07, 6.45) is -5.89. The van der Waals surface area contributed by atoms with Crippen LogP contribution in [0.15, 0.2) is 48.5 Å². The molecule has 0 saturated carbocycles. The summed E-state index contributed by atoms with van der Waals surface area (Å²) in [5, 5.41) is 70.6. The monoisotopic (exact) mass is 1140 g/mol. The number of likely N-dealkylation sites (tertiary alicyclic amines) is 1. The number of phenolic OH excluding ortho intramolecular Hbond substituents is 2. The smallest absolute Gasteiger partial charge is 0.247 e. The van der Waals surface area contributed by atoms with Gasteiger partial charge in [0, 0.05) is 42.5 Å². The van der Waals surface area contributed by atoms with E-state index in [1.807, 2.05) is 13.8 Å². The van der Waals surface area contributed by atoms with Crippen molar-refractivity contribution in [2.75, 3.05) is 47.4 Å². The van der Waals surface area contributed by atoms with Crippen LogP contribution in [0.2, 0.25) is 0 Å². The molecule has 3 aromatic carbocycles. The standard InChI is InChI=1S/C58H75N7O17/c1-28(2)20-35(61-56(77)37-17-13-19-65(37)42(69)26-64(6)7)54(75)59-25-41(68)63-48(31-14-10-9-11-15-31)57(78)62-36(21-29(3)4)55(76)60-34-22-43(81-30(5)49(34)70)82-39-24-58(79,40(67)27-66)23-33-45(39)53(74)47-46(51(33)72)50(71)32-16-12-18-38(80-8)44(32)52(47)73/h9-12,14-16,18,28-30,34-37,39,43,48-49,66,70,72,74,79H,13,17,19-27H2,1-8H3,(H,59,75)(H,60,76)(H,61,77)(H,62,78)(H,63,68)/t30-,34-,35-,36-,37-,39-,43-,48-,49+,58-/m0/s1. The highest BCUT2D eigenvalue weighted by Crippen LogP contribution is 2.52. The second-order valence-electron chi connectivity index (χ2n) is 22.6. The average molecular weight is 1140 g/mol. The molecule has 7 rings (SSSR count). The van der Waals surface area contributed by atoms with Crippen LogP contribution in [0.4, 0.5) is 0 Å². The molecule has 0 spiro atoms. The maximum atomic E-state index is 14.4. The Balaban J connectivity index is 1.07. The summed E-state index contributed by atoms with van der Waals surface area (Å²) in [6, 6.07) is 6.68. The third-order valence-electron chi connectivity index (χ3n) is 15.2. The molecule has 0 unspecified atom stereocenters. The second kappa shape index (κ2) is 26.3. The highest BCUT2D eigenvalue weighted by Gasteiger charge is 2.51. The third kappa shape index (κ3) is 13.6. The molecule has 2 aliphatic carbocycles. The van der Waals surface area contributed by atoms with E-state index in [9.17, 15) is 68.7 Å². The molecule has 4 aliphatic rings. The lowest BCUT2D eigenvalue weighted by molar-refractivity contribution is -0.249. The summed E-state index contributed by atoms with van der Waals surface area (Å²) in [7, 11) is 4.78. The number of hydrogen-bond acceptors (Lipinski definition) is 18. The largest absolute Gasteiger partial charge is 0.507 e. The van der Waals surface area contributed by atoms with Crippen molar-refractivity contribution < 1.29 is 82.9 Å². The number of likely N-dealkylation sites (N-methyl/N-ethyl adjacent to an activating group) is 1. The van der Waals surface area contributed by atoms with Crippen LogP contribution in [0.25, 0.3) is 0 Å². The summed E-state index contributed by atoms with van der Waals surface area (Å²) >= 11 is 0. The number of nitrogens with zero attached hydrogens (tertiary/aromatic N) is 2. The number of ketones is 3. The lowest BCUT2D eigenvalue weighted by Gasteiger charge is -2.43. The first kappa shape index (κ1) is 62.3. The number of Topliss-reactive ketones (excluding diaryl/α,β-unsaturated/α-hetero) is 1. The highest BCUT2D eigenvalue weighted by atomic mass is 16.7. The number of ether oxygens (including phenoxy) is 3. The minimum Gasteiger partial charge on any atom is -0.507 e. The molecule has 444 valence electrons. The normalized spacial score (nSPS) is 23.2. The maximum absolute atomic E-state index is 14.4. The lowest BCUT2D eigenvalue weighted by Crippen LogP contribution is -2.59. The molecule has 0 radical (unpaired) electrons. The zero-order valence-corrected chi connectivity index (χ0v) is 47.3. The van der Waals surface area contributed by atoms with E-state index < -0.39 is 156 Å². The number of carbonyl (C=O) groups is 9. The number of nitrogens with one attached hydrogen (secondary N) is 5. The molecule has 24 heteroatoms. The molecule has 0 aromatic heterocycles. The van der Waals surface area contributed by atoms with Gasteiger partial charge in [0.05, 0.1) is 55.1 Å². The van der Waals surface area contributed by atoms with Crippen LogP contribution in [0.3, 0.4) is 0 Å². The summed E-state index contributed by atoms with van der Waals surface area (Å²) in [5.41, 5.74) is -4.20. The predicted octanol–water partition coefficient (Wildman–Crippen LogP) is 0.747. The van der Waals surface area contributed by atoms with Crippen LogP contribution in [-0.4, -0.2) is 184 Å². The van der Waals surface area contributed by atoms with Crippen molar-refractivity contribution in [1.29, 1.82) is 0 Å². The molecule has 2 fully saturated rings. The number of rotatable bonds is 22.